The maximum atomic E-state index is 11.7. The predicted octanol–water partition coefficient (Wildman–Crippen LogP) is 6.23. The van der Waals surface area contributed by atoms with Gasteiger partial charge in [0.2, 0.25) is 0 Å². The smallest absolute Gasteiger partial charge is 0.305 e. The van der Waals surface area contributed by atoms with Crippen LogP contribution in [0, 0.1) is 5.92 Å². The number of unbranched alkanes of at least 4 members (excludes halogenated alkanes) is 7. The molecule has 23 heavy (non-hydrogen) atoms. The maximum Gasteiger partial charge on any atom is 0.305 e. The molecule has 0 aliphatic heterocycles. The van der Waals surface area contributed by atoms with Crippen LogP contribution in [0.3, 0.4) is 0 Å². The Kier molecular flexibility index (Phi) is 17.5. The number of carbonyl (C=O) groups excluding carboxylic acids is 1. The van der Waals surface area contributed by atoms with E-state index in [0.29, 0.717) is 13.0 Å². The molecule has 1 unspecified atom stereocenters. The van der Waals surface area contributed by atoms with Crippen LogP contribution in [0.4, 0.5) is 0 Å². The monoisotopic (exact) mass is 322 g/mol. The van der Waals surface area contributed by atoms with Crippen LogP contribution in [0.1, 0.15) is 104 Å². The third kappa shape index (κ3) is 16.2. The van der Waals surface area contributed by atoms with Crippen molar-refractivity contribution in [3.63, 3.8) is 0 Å². The van der Waals surface area contributed by atoms with Gasteiger partial charge in [0, 0.05) is 6.42 Å². The van der Waals surface area contributed by atoms with Gasteiger partial charge in [0.05, 0.1) is 14.5 Å². The number of ether oxygens (including phenoxy) is 1. The lowest BCUT2D eigenvalue weighted by Gasteiger charge is -2.16. The van der Waals surface area contributed by atoms with Crippen LogP contribution in [-0.2, 0) is 9.53 Å². The third-order valence-electron chi connectivity index (χ3n) is 4.54. The molecule has 0 aromatic heterocycles. The molecule has 0 aromatic carbocycles. The van der Waals surface area contributed by atoms with Gasteiger partial charge >= 0.3 is 5.97 Å². The van der Waals surface area contributed by atoms with Gasteiger partial charge in [0.25, 0.3) is 0 Å². The molecule has 0 aliphatic carbocycles. The molecule has 3 heteroatoms. The zero-order chi connectivity index (χ0) is 17.2. The summed E-state index contributed by atoms with van der Waals surface area (Å²) in [6.07, 6.45) is 17.1. The van der Waals surface area contributed by atoms with Crippen LogP contribution < -0.4 is 0 Å². The molecule has 0 aromatic rings. The lowest BCUT2D eigenvalue weighted by molar-refractivity contribution is -0.144. The molecule has 2 nitrogen and oxygen atoms in total. The Hall–Kier alpha value is -0.465. The number of esters is 1. The van der Waals surface area contributed by atoms with Crippen molar-refractivity contribution in [1.82, 2.24) is 0 Å². The lowest BCUT2D eigenvalue weighted by atomic mass is 9.93. The Morgan fingerprint density at radius 2 is 1.52 bits per heavy atom. The molecule has 0 aliphatic rings. The van der Waals surface area contributed by atoms with Crippen molar-refractivity contribution in [2.24, 2.45) is 5.92 Å². The van der Waals surface area contributed by atoms with Crippen molar-refractivity contribution in [3.05, 3.63) is 0 Å². The van der Waals surface area contributed by atoms with E-state index in [1.165, 1.54) is 57.8 Å². The molecule has 0 amide bonds. The van der Waals surface area contributed by atoms with Gasteiger partial charge in [0.15, 0.2) is 0 Å². The predicted molar refractivity (Wildman–Crippen MR) is 101 cm³/mol. The minimum Gasteiger partial charge on any atom is -0.466 e. The quantitative estimate of drug-likeness (QED) is 0.180. The second-order valence-electron chi connectivity index (χ2n) is 6.82. The lowest BCUT2D eigenvalue weighted by Crippen LogP contribution is -2.10. The normalized spacial score (nSPS) is 12.3. The van der Waals surface area contributed by atoms with E-state index >= 15 is 0 Å². The van der Waals surface area contributed by atoms with E-state index in [1.807, 2.05) is 0 Å². The van der Waals surface area contributed by atoms with E-state index in [0.717, 1.165) is 37.9 Å². The molecule has 0 heterocycles. The first-order valence-corrected chi connectivity index (χ1v) is 10.1. The molecular formula is C20H39BO2. The highest BCUT2D eigenvalue weighted by molar-refractivity contribution is 6.08. The summed E-state index contributed by atoms with van der Waals surface area (Å²) < 4.78 is 5.42. The molecule has 0 fully saturated rings. The summed E-state index contributed by atoms with van der Waals surface area (Å²) in [6.45, 7) is 5.11. The van der Waals surface area contributed by atoms with Crippen molar-refractivity contribution < 1.29 is 9.53 Å². The summed E-state index contributed by atoms with van der Waals surface area (Å²) in [4.78, 5) is 11.7. The van der Waals surface area contributed by atoms with Crippen LogP contribution in [-0.4, -0.2) is 20.4 Å². The number of hydrogen-bond acceptors (Lipinski definition) is 2. The number of hydrogen-bond donors (Lipinski definition) is 0. The van der Waals surface area contributed by atoms with E-state index in [1.54, 1.807) is 0 Å². The molecule has 134 valence electrons. The highest BCUT2D eigenvalue weighted by atomic mass is 16.5. The highest BCUT2D eigenvalue weighted by Gasteiger charge is 2.09. The summed E-state index contributed by atoms with van der Waals surface area (Å²) in [5.41, 5.74) is 0. The van der Waals surface area contributed by atoms with Gasteiger partial charge in [-0.15, -0.1) is 0 Å². The van der Waals surface area contributed by atoms with Gasteiger partial charge in [-0.2, -0.15) is 0 Å². The third-order valence-corrected chi connectivity index (χ3v) is 4.54. The molecule has 0 saturated carbocycles. The number of carbonyl (C=O) groups is 1. The molecule has 0 saturated heterocycles. The van der Waals surface area contributed by atoms with Gasteiger partial charge in [-0.05, 0) is 18.8 Å². The fourth-order valence-electron chi connectivity index (χ4n) is 3.06. The Balaban J connectivity index is 3.59. The topological polar surface area (TPSA) is 26.3 Å². The molecule has 0 spiro atoms. The largest absolute Gasteiger partial charge is 0.466 e. The first-order chi connectivity index (χ1) is 11.2. The Morgan fingerprint density at radius 1 is 0.826 bits per heavy atom. The summed E-state index contributed by atoms with van der Waals surface area (Å²) in [6, 6.07) is 0. The van der Waals surface area contributed by atoms with Crippen molar-refractivity contribution in [1.29, 1.82) is 0 Å². The van der Waals surface area contributed by atoms with Crippen LogP contribution in [0.25, 0.3) is 0 Å². The molecule has 0 bridgehead atoms. The molecule has 2 radical (unpaired) electrons. The summed E-state index contributed by atoms with van der Waals surface area (Å²) in [7, 11) is 5.46. The summed E-state index contributed by atoms with van der Waals surface area (Å²) >= 11 is 0. The van der Waals surface area contributed by atoms with E-state index in [4.69, 9.17) is 12.6 Å². The standard InChI is InChI=1S/C20H39BO2/c1-3-5-6-10-14-19(13-4-2)16-18-23-20(22)15-11-8-7-9-12-17-21/h19H,3-18H2,1-2H3. The second kappa shape index (κ2) is 17.9. The molecule has 0 rings (SSSR count). The molecular weight excluding hydrogens is 283 g/mol. The first-order valence-electron chi connectivity index (χ1n) is 10.1. The average molecular weight is 322 g/mol. The van der Waals surface area contributed by atoms with Crippen molar-refractivity contribution in [2.75, 3.05) is 6.61 Å². The van der Waals surface area contributed by atoms with Crippen LogP contribution in [0.2, 0.25) is 6.32 Å². The minimum atomic E-state index is -0.00921. The SMILES string of the molecule is [B]CCCCCCCC(=O)OCCC(CCC)CCCCCC. The fraction of sp³-hybridized carbons (Fsp3) is 0.950. The van der Waals surface area contributed by atoms with Crippen molar-refractivity contribution >= 4 is 13.8 Å². The Labute approximate surface area is 146 Å². The van der Waals surface area contributed by atoms with E-state index in [-0.39, 0.29) is 5.97 Å². The first kappa shape index (κ1) is 22.5. The highest BCUT2D eigenvalue weighted by Crippen LogP contribution is 2.20. The zero-order valence-corrected chi connectivity index (χ0v) is 15.8. The van der Waals surface area contributed by atoms with Gasteiger partial charge in [0.1, 0.15) is 0 Å². The van der Waals surface area contributed by atoms with E-state index in [2.05, 4.69) is 13.8 Å². The van der Waals surface area contributed by atoms with E-state index in [9.17, 15) is 4.79 Å². The van der Waals surface area contributed by atoms with Crippen LogP contribution in [0.5, 0.6) is 0 Å². The van der Waals surface area contributed by atoms with Crippen molar-refractivity contribution in [2.45, 2.75) is 110 Å². The second-order valence-corrected chi connectivity index (χ2v) is 6.82. The maximum absolute atomic E-state index is 11.7. The van der Waals surface area contributed by atoms with Crippen LogP contribution in [0.15, 0.2) is 0 Å². The Morgan fingerprint density at radius 3 is 2.22 bits per heavy atom. The molecule has 0 N–H and O–H groups in total. The van der Waals surface area contributed by atoms with Crippen molar-refractivity contribution in [3.8, 4) is 0 Å². The van der Waals surface area contributed by atoms with Gasteiger partial charge in [-0.3, -0.25) is 4.79 Å². The zero-order valence-electron chi connectivity index (χ0n) is 15.8. The van der Waals surface area contributed by atoms with Gasteiger partial charge in [-0.1, -0.05) is 90.8 Å². The van der Waals surface area contributed by atoms with Gasteiger partial charge < -0.3 is 4.74 Å². The van der Waals surface area contributed by atoms with E-state index < -0.39 is 0 Å². The van der Waals surface area contributed by atoms with Gasteiger partial charge in [-0.25, -0.2) is 0 Å². The Bertz CT molecular complexity index is 256. The molecule has 1 atom stereocenters. The fourth-order valence-corrected chi connectivity index (χ4v) is 3.06. The number of rotatable bonds is 17. The summed E-state index contributed by atoms with van der Waals surface area (Å²) in [5, 5.41) is 0. The minimum absolute atomic E-state index is 0.00921. The summed E-state index contributed by atoms with van der Waals surface area (Å²) in [5.74, 6) is 0.728. The average Bonchev–Trinajstić information content (AvgIpc) is 2.54. The van der Waals surface area contributed by atoms with Crippen LogP contribution >= 0.6 is 0 Å².